The largest absolute Gasteiger partial charge is 0.337 e. The Bertz CT molecular complexity index is 621. The molecule has 0 saturated carbocycles. The lowest BCUT2D eigenvalue weighted by Gasteiger charge is -2.24. The Balaban J connectivity index is 2.00. The molecule has 0 radical (unpaired) electrons. The molecular formula is C17H23N3OS. The number of aryl methyl sites for hydroxylation is 1. The van der Waals surface area contributed by atoms with Crippen molar-refractivity contribution in [2.45, 2.75) is 32.7 Å². The van der Waals surface area contributed by atoms with Crippen LogP contribution in [0.25, 0.3) is 0 Å². The van der Waals surface area contributed by atoms with E-state index in [0.717, 1.165) is 17.8 Å². The Labute approximate surface area is 136 Å². The SMILES string of the molecule is Cc1ccc(CC(C)N(C)C(=O)c2csc(CCN)n2)cc1. The van der Waals surface area contributed by atoms with Crippen molar-refractivity contribution >= 4 is 17.2 Å². The van der Waals surface area contributed by atoms with Crippen LogP contribution in [0, 0.1) is 6.92 Å². The first-order valence-corrected chi connectivity index (χ1v) is 8.36. The predicted molar refractivity (Wildman–Crippen MR) is 91.3 cm³/mol. The van der Waals surface area contributed by atoms with Crippen molar-refractivity contribution in [1.82, 2.24) is 9.88 Å². The van der Waals surface area contributed by atoms with Crippen LogP contribution in [0.15, 0.2) is 29.6 Å². The van der Waals surface area contributed by atoms with Gasteiger partial charge in [0.15, 0.2) is 0 Å². The average Bonchev–Trinajstić information content (AvgIpc) is 2.97. The average molecular weight is 317 g/mol. The van der Waals surface area contributed by atoms with Crippen molar-refractivity contribution in [3.05, 3.63) is 51.5 Å². The molecule has 0 bridgehead atoms. The molecular weight excluding hydrogens is 294 g/mol. The van der Waals surface area contributed by atoms with Gasteiger partial charge in [0.25, 0.3) is 5.91 Å². The molecule has 2 N–H and O–H groups in total. The number of amides is 1. The summed E-state index contributed by atoms with van der Waals surface area (Å²) in [5.41, 5.74) is 8.52. The van der Waals surface area contributed by atoms with E-state index in [-0.39, 0.29) is 11.9 Å². The van der Waals surface area contributed by atoms with E-state index in [2.05, 4.69) is 43.1 Å². The first-order chi connectivity index (χ1) is 10.5. The fourth-order valence-electron chi connectivity index (χ4n) is 2.23. The number of thiazole rings is 1. The second kappa shape index (κ2) is 7.51. The number of carbonyl (C=O) groups excluding carboxylic acids is 1. The van der Waals surface area contributed by atoms with Crippen molar-refractivity contribution in [1.29, 1.82) is 0 Å². The van der Waals surface area contributed by atoms with E-state index in [1.54, 1.807) is 4.90 Å². The quantitative estimate of drug-likeness (QED) is 0.891. The van der Waals surface area contributed by atoms with E-state index in [1.807, 2.05) is 12.4 Å². The summed E-state index contributed by atoms with van der Waals surface area (Å²) in [5.74, 6) is -0.0286. The highest BCUT2D eigenvalue weighted by Gasteiger charge is 2.20. The molecule has 118 valence electrons. The standard InChI is InChI=1S/C17H23N3OS/c1-12-4-6-14(7-5-12)10-13(2)20(3)17(21)15-11-22-16(19-15)8-9-18/h4-7,11,13H,8-10,18H2,1-3H3. The minimum atomic E-state index is -0.0286. The molecule has 1 heterocycles. The van der Waals surface area contributed by atoms with Crippen LogP contribution in [0.2, 0.25) is 0 Å². The van der Waals surface area contributed by atoms with Crippen molar-refractivity contribution in [3.8, 4) is 0 Å². The number of hydrogen-bond acceptors (Lipinski definition) is 4. The van der Waals surface area contributed by atoms with Crippen LogP contribution in [0.3, 0.4) is 0 Å². The highest BCUT2D eigenvalue weighted by atomic mass is 32.1. The molecule has 22 heavy (non-hydrogen) atoms. The van der Waals surface area contributed by atoms with Crippen LogP contribution >= 0.6 is 11.3 Å². The Morgan fingerprint density at radius 2 is 2.05 bits per heavy atom. The Morgan fingerprint density at radius 3 is 2.68 bits per heavy atom. The summed E-state index contributed by atoms with van der Waals surface area (Å²) in [6.07, 6.45) is 1.56. The Kier molecular flexibility index (Phi) is 5.69. The van der Waals surface area contributed by atoms with Crippen molar-refractivity contribution in [3.63, 3.8) is 0 Å². The summed E-state index contributed by atoms with van der Waals surface area (Å²) < 4.78 is 0. The summed E-state index contributed by atoms with van der Waals surface area (Å²) in [7, 11) is 1.84. The van der Waals surface area contributed by atoms with Gasteiger partial charge in [0.05, 0.1) is 5.01 Å². The normalized spacial score (nSPS) is 12.2. The van der Waals surface area contributed by atoms with Crippen LogP contribution in [0.4, 0.5) is 0 Å². The van der Waals surface area contributed by atoms with Crippen LogP contribution in [0.5, 0.6) is 0 Å². The summed E-state index contributed by atoms with van der Waals surface area (Å²) in [4.78, 5) is 18.6. The molecule has 1 amide bonds. The highest BCUT2D eigenvalue weighted by Crippen LogP contribution is 2.15. The molecule has 2 aromatic rings. The van der Waals surface area contributed by atoms with Crippen molar-refractivity contribution in [2.24, 2.45) is 5.73 Å². The monoisotopic (exact) mass is 317 g/mol. The smallest absolute Gasteiger partial charge is 0.273 e. The predicted octanol–water partition coefficient (Wildman–Crippen LogP) is 2.66. The first-order valence-electron chi connectivity index (χ1n) is 7.48. The van der Waals surface area contributed by atoms with E-state index in [4.69, 9.17) is 5.73 Å². The number of aromatic nitrogens is 1. The number of carbonyl (C=O) groups is 1. The minimum Gasteiger partial charge on any atom is -0.337 e. The molecule has 0 saturated heterocycles. The fraction of sp³-hybridized carbons (Fsp3) is 0.412. The summed E-state index contributed by atoms with van der Waals surface area (Å²) in [6, 6.07) is 8.56. The Hall–Kier alpha value is -1.72. The van der Waals surface area contributed by atoms with Gasteiger partial charge in [-0.05, 0) is 32.4 Å². The Morgan fingerprint density at radius 1 is 1.36 bits per heavy atom. The molecule has 4 nitrogen and oxygen atoms in total. The number of nitrogens with zero attached hydrogens (tertiary/aromatic N) is 2. The number of hydrogen-bond donors (Lipinski definition) is 1. The lowest BCUT2D eigenvalue weighted by atomic mass is 10.0. The topological polar surface area (TPSA) is 59.2 Å². The van der Waals surface area contributed by atoms with Crippen molar-refractivity contribution in [2.75, 3.05) is 13.6 Å². The molecule has 0 aliphatic heterocycles. The summed E-state index contributed by atoms with van der Waals surface area (Å²) >= 11 is 1.50. The van der Waals surface area contributed by atoms with Gasteiger partial charge in [-0.15, -0.1) is 11.3 Å². The van der Waals surface area contributed by atoms with Crippen LogP contribution < -0.4 is 5.73 Å². The maximum absolute atomic E-state index is 12.5. The molecule has 0 aliphatic rings. The van der Waals surface area contributed by atoms with E-state index < -0.39 is 0 Å². The van der Waals surface area contributed by atoms with E-state index in [0.29, 0.717) is 12.2 Å². The van der Waals surface area contributed by atoms with Crippen molar-refractivity contribution < 1.29 is 4.79 Å². The van der Waals surface area contributed by atoms with Gasteiger partial charge >= 0.3 is 0 Å². The number of nitrogens with two attached hydrogens (primary N) is 1. The van der Waals surface area contributed by atoms with Gasteiger partial charge in [0.1, 0.15) is 5.69 Å². The molecule has 1 aromatic heterocycles. The van der Waals surface area contributed by atoms with Gasteiger partial charge in [0, 0.05) is 24.9 Å². The number of likely N-dealkylation sites (N-methyl/N-ethyl adjacent to an activating group) is 1. The molecule has 5 heteroatoms. The summed E-state index contributed by atoms with van der Waals surface area (Å²) in [6.45, 7) is 4.69. The lowest BCUT2D eigenvalue weighted by Crippen LogP contribution is -2.36. The second-order valence-corrected chi connectivity index (χ2v) is 6.56. The number of rotatable bonds is 6. The maximum Gasteiger partial charge on any atom is 0.273 e. The summed E-state index contributed by atoms with van der Waals surface area (Å²) in [5, 5.41) is 2.74. The third kappa shape index (κ3) is 4.15. The fourth-order valence-corrected chi connectivity index (χ4v) is 3.02. The molecule has 2 rings (SSSR count). The lowest BCUT2D eigenvalue weighted by molar-refractivity contribution is 0.0738. The minimum absolute atomic E-state index is 0.0286. The molecule has 1 unspecified atom stereocenters. The third-order valence-electron chi connectivity index (χ3n) is 3.76. The van der Waals surface area contributed by atoms with Crippen LogP contribution in [-0.4, -0.2) is 35.4 Å². The van der Waals surface area contributed by atoms with Gasteiger partial charge in [-0.2, -0.15) is 0 Å². The van der Waals surface area contributed by atoms with Gasteiger partial charge in [0.2, 0.25) is 0 Å². The second-order valence-electron chi connectivity index (χ2n) is 5.62. The van der Waals surface area contributed by atoms with Gasteiger partial charge in [-0.3, -0.25) is 4.79 Å². The van der Waals surface area contributed by atoms with Gasteiger partial charge in [-0.1, -0.05) is 29.8 Å². The zero-order valence-electron chi connectivity index (χ0n) is 13.4. The zero-order chi connectivity index (χ0) is 16.1. The molecule has 1 aromatic carbocycles. The highest BCUT2D eigenvalue weighted by molar-refractivity contribution is 7.09. The van der Waals surface area contributed by atoms with Crippen LogP contribution in [-0.2, 0) is 12.8 Å². The molecule has 0 fully saturated rings. The number of benzene rings is 1. The van der Waals surface area contributed by atoms with E-state index in [9.17, 15) is 4.79 Å². The van der Waals surface area contributed by atoms with Crippen LogP contribution in [0.1, 0.15) is 33.5 Å². The zero-order valence-corrected chi connectivity index (χ0v) is 14.2. The first kappa shape index (κ1) is 16.6. The van der Waals surface area contributed by atoms with Gasteiger partial charge < -0.3 is 10.6 Å². The van der Waals surface area contributed by atoms with E-state index in [1.165, 1.54) is 22.5 Å². The molecule has 0 aliphatic carbocycles. The molecule has 1 atom stereocenters. The third-order valence-corrected chi connectivity index (χ3v) is 4.67. The molecule has 0 spiro atoms. The van der Waals surface area contributed by atoms with Gasteiger partial charge in [-0.25, -0.2) is 4.98 Å². The maximum atomic E-state index is 12.5. The van der Waals surface area contributed by atoms with E-state index >= 15 is 0 Å².